The SMILES string of the molecule is CCC(C)C(=O)Nc1cnn(C(C)(C)C)c1. The van der Waals surface area contributed by atoms with E-state index >= 15 is 0 Å². The van der Waals surface area contributed by atoms with Crippen molar-refractivity contribution in [3.8, 4) is 0 Å². The number of aromatic nitrogens is 2. The van der Waals surface area contributed by atoms with Gasteiger partial charge in [-0.1, -0.05) is 13.8 Å². The summed E-state index contributed by atoms with van der Waals surface area (Å²) in [7, 11) is 0. The average molecular weight is 223 g/mol. The average Bonchev–Trinajstić information content (AvgIpc) is 2.64. The quantitative estimate of drug-likeness (QED) is 0.856. The lowest BCUT2D eigenvalue weighted by atomic mass is 10.1. The van der Waals surface area contributed by atoms with Gasteiger partial charge in [0, 0.05) is 12.1 Å². The number of anilines is 1. The van der Waals surface area contributed by atoms with Gasteiger partial charge in [-0.3, -0.25) is 9.48 Å². The Bertz CT molecular complexity index is 363. The number of nitrogens with one attached hydrogen (secondary N) is 1. The monoisotopic (exact) mass is 223 g/mol. The third-order valence-electron chi connectivity index (χ3n) is 2.60. The number of amides is 1. The van der Waals surface area contributed by atoms with Crippen molar-refractivity contribution in [1.82, 2.24) is 9.78 Å². The fourth-order valence-corrected chi connectivity index (χ4v) is 1.21. The van der Waals surface area contributed by atoms with Crippen LogP contribution in [-0.2, 0) is 10.3 Å². The van der Waals surface area contributed by atoms with Crippen LogP contribution in [-0.4, -0.2) is 15.7 Å². The maximum atomic E-state index is 11.7. The molecule has 0 spiro atoms. The highest BCUT2D eigenvalue weighted by molar-refractivity contribution is 5.91. The zero-order valence-corrected chi connectivity index (χ0v) is 10.7. The van der Waals surface area contributed by atoms with Crippen molar-refractivity contribution in [1.29, 1.82) is 0 Å². The molecule has 1 atom stereocenters. The first-order valence-electron chi connectivity index (χ1n) is 5.70. The van der Waals surface area contributed by atoms with Crippen molar-refractivity contribution < 1.29 is 4.79 Å². The van der Waals surface area contributed by atoms with Gasteiger partial charge in [0.15, 0.2) is 0 Å². The summed E-state index contributed by atoms with van der Waals surface area (Å²) in [6.45, 7) is 10.1. The van der Waals surface area contributed by atoms with Gasteiger partial charge in [0.2, 0.25) is 5.91 Å². The van der Waals surface area contributed by atoms with Crippen LogP contribution in [0.4, 0.5) is 5.69 Å². The van der Waals surface area contributed by atoms with E-state index in [1.54, 1.807) is 6.20 Å². The van der Waals surface area contributed by atoms with Gasteiger partial charge in [-0.15, -0.1) is 0 Å². The van der Waals surface area contributed by atoms with Crippen molar-refractivity contribution >= 4 is 11.6 Å². The van der Waals surface area contributed by atoms with Gasteiger partial charge in [-0.05, 0) is 27.2 Å². The van der Waals surface area contributed by atoms with Gasteiger partial charge in [-0.25, -0.2) is 0 Å². The molecule has 0 radical (unpaired) electrons. The topological polar surface area (TPSA) is 46.9 Å². The van der Waals surface area contributed by atoms with Crippen LogP contribution in [0.2, 0.25) is 0 Å². The zero-order valence-electron chi connectivity index (χ0n) is 10.7. The largest absolute Gasteiger partial charge is 0.323 e. The third-order valence-corrected chi connectivity index (χ3v) is 2.60. The number of rotatable bonds is 3. The van der Waals surface area contributed by atoms with Gasteiger partial charge in [0.1, 0.15) is 0 Å². The normalized spacial score (nSPS) is 13.6. The van der Waals surface area contributed by atoms with E-state index in [0.717, 1.165) is 12.1 Å². The Hall–Kier alpha value is -1.32. The molecule has 1 aromatic rings. The molecule has 0 aliphatic carbocycles. The van der Waals surface area contributed by atoms with Crippen LogP contribution in [0.15, 0.2) is 12.4 Å². The molecule has 0 fully saturated rings. The lowest BCUT2D eigenvalue weighted by Crippen LogP contribution is -2.22. The third kappa shape index (κ3) is 3.08. The first-order valence-corrected chi connectivity index (χ1v) is 5.70. The Balaban J connectivity index is 2.70. The van der Waals surface area contributed by atoms with Gasteiger partial charge in [0.05, 0.1) is 17.4 Å². The molecular formula is C12H21N3O. The van der Waals surface area contributed by atoms with E-state index in [0.29, 0.717) is 0 Å². The highest BCUT2D eigenvalue weighted by Crippen LogP contribution is 2.16. The molecule has 90 valence electrons. The molecule has 4 nitrogen and oxygen atoms in total. The first-order chi connectivity index (χ1) is 7.34. The summed E-state index contributed by atoms with van der Waals surface area (Å²) in [5, 5.41) is 7.09. The van der Waals surface area contributed by atoms with Crippen LogP contribution in [0, 0.1) is 5.92 Å². The van der Waals surface area contributed by atoms with Crippen molar-refractivity contribution in [3.05, 3.63) is 12.4 Å². The molecule has 1 amide bonds. The second-order valence-corrected chi connectivity index (χ2v) is 5.14. The van der Waals surface area contributed by atoms with Crippen molar-refractivity contribution in [2.75, 3.05) is 5.32 Å². The molecule has 16 heavy (non-hydrogen) atoms. The Morgan fingerprint density at radius 1 is 1.56 bits per heavy atom. The highest BCUT2D eigenvalue weighted by atomic mass is 16.1. The lowest BCUT2D eigenvalue weighted by molar-refractivity contribution is -0.119. The van der Waals surface area contributed by atoms with E-state index in [2.05, 4.69) is 31.2 Å². The Kier molecular flexibility index (Phi) is 3.73. The number of hydrogen-bond donors (Lipinski definition) is 1. The fraction of sp³-hybridized carbons (Fsp3) is 0.667. The Labute approximate surface area is 97.0 Å². The van der Waals surface area contributed by atoms with Crippen molar-refractivity contribution in [3.63, 3.8) is 0 Å². The lowest BCUT2D eigenvalue weighted by Gasteiger charge is -2.18. The van der Waals surface area contributed by atoms with Crippen LogP contribution in [0.3, 0.4) is 0 Å². The standard InChI is InChI=1S/C12H21N3O/c1-6-9(2)11(16)14-10-7-13-15(8-10)12(3,4)5/h7-9H,6H2,1-5H3,(H,14,16). The summed E-state index contributed by atoms with van der Waals surface area (Å²) in [6, 6.07) is 0. The molecule has 1 aromatic heterocycles. The summed E-state index contributed by atoms with van der Waals surface area (Å²) in [6.07, 6.45) is 4.39. The number of hydrogen-bond acceptors (Lipinski definition) is 2. The molecular weight excluding hydrogens is 202 g/mol. The van der Waals surface area contributed by atoms with Crippen LogP contribution in [0.25, 0.3) is 0 Å². The van der Waals surface area contributed by atoms with Crippen LogP contribution in [0.1, 0.15) is 41.0 Å². The second kappa shape index (κ2) is 4.68. The minimum absolute atomic E-state index is 0.0398. The van der Waals surface area contributed by atoms with E-state index < -0.39 is 0 Å². The second-order valence-electron chi connectivity index (χ2n) is 5.14. The molecule has 4 heteroatoms. The zero-order chi connectivity index (χ0) is 12.3. The minimum Gasteiger partial charge on any atom is -0.323 e. The van der Waals surface area contributed by atoms with Gasteiger partial charge >= 0.3 is 0 Å². The van der Waals surface area contributed by atoms with E-state index in [1.165, 1.54) is 0 Å². The molecule has 0 saturated carbocycles. The number of nitrogens with zero attached hydrogens (tertiary/aromatic N) is 2. The molecule has 0 saturated heterocycles. The molecule has 0 aromatic carbocycles. The predicted molar refractivity (Wildman–Crippen MR) is 65.3 cm³/mol. The van der Waals surface area contributed by atoms with E-state index in [-0.39, 0.29) is 17.4 Å². The van der Waals surface area contributed by atoms with Gasteiger partial charge in [-0.2, -0.15) is 5.10 Å². The molecule has 1 heterocycles. The van der Waals surface area contributed by atoms with Crippen LogP contribution in [0.5, 0.6) is 0 Å². The molecule has 1 N–H and O–H groups in total. The number of carbonyl (C=O) groups is 1. The highest BCUT2D eigenvalue weighted by Gasteiger charge is 2.16. The summed E-state index contributed by atoms with van der Waals surface area (Å²) in [5.41, 5.74) is 0.708. The van der Waals surface area contributed by atoms with Gasteiger partial charge in [0.25, 0.3) is 0 Å². The molecule has 0 bridgehead atoms. The summed E-state index contributed by atoms with van der Waals surface area (Å²) < 4.78 is 1.85. The molecule has 0 aliphatic rings. The molecule has 1 rings (SSSR count). The summed E-state index contributed by atoms with van der Waals surface area (Å²) in [5.74, 6) is 0.0916. The van der Waals surface area contributed by atoms with Crippen LogP contribution < -0.4 is 5.32 Å². The molecule has 0 aliphatic heterocycles. The van der Waals surface area contributed by atoms with Gasteiger partial charge < -0.3 is 5.32 Å². The summed E-state index contributed by atoms with van der Waals surface area (Å²) in [4.78, 5) is 11.7. The van der Waals surface area contributed by atoms with Crippen molar-refractivity contribution in [2.45, 2.75) is 46.6 Å². The maximum Gasteiger partial charge on any atom is 0.227 e. The van der Waals surface area contributed by atoms with E-state index in [9.17, 15) is 4.79 Å². The van der Waals surface area contributed by atoms with E-state index in [4.69, 9.17) is 0 Å². The Morgan fingerprint density at radius 2 is 2.19 bits per heavy atom. The van der Waals surface area contributed by atoms with E-state index in [1.807, 2.05) is 24.7 Å². The Morgan fingerprint density at radius 3 is 2.62 bits per heavy atom. The van der Waals surface area contributed by atoms with Crippen molar-refractivity contribution in [2.24, 2.45) is 5.92 Å². The maximum absolute atomic E-state index is 11.7. The smallest absolute Gasteiger partial charge is 0.227 e. The molecule has 1 unspecified atom stereocenters. The van der Waals surface area contributed by atoms with Crippen LogP contribution >= 0.6 is 0 Å². The minimum atomic E-state index is -0.0562. The fourth-order valence-electron chi connectivity index (χ4n) is 1.21. The number of carbonyl (C=O) groups excluding carboxylic acids is 1. The predicted octanol–water partition coefficient (Wildman–Crippen LogP) is 2.62. The summed E-state index contributed by atoms with van der Waals surface area (Å²) >= 11 is 0. The first kappa shape index (κ1) is 12.7.